The number of hydrogen-bond acceptors (Lipinski definition) is 4. The summed E-state index contributed by atoms with van der Waals surface area (Å²) in [5.74, 6) is 1.14. The Kier molecular flexibility index (Phi) is 5.39. The minimum Gasteiger partial charge on any atom is -0.497 e. The maximum atomic E-state index is 12.8. The van der Waals surface area contributed by atoms with Gasteiger partial charge in [-0.25, -0.2) is 4.98 Å². The minimum absolute atomic E-state index is 0.0465. The Balaban J connectivity index is 1.24. The molecule has 3 aromatic rings. The molecule has 0 saturated carbocycles. The summed E-state index contributed by atoms with van der Waals surface area (Å²) < 4.78 is 7.46. The molecular formula is C25H26N4O3. The Bertz CT molecular complexity index is 1130. The summed E-state index contributed by atoms with van der Waals surface area (Å²) in [6.45, 7) is 1.37. The Morgan fingerprint density at radius 1 is 1.09 bits per heavy atom. The van der Waals surface area contributed by atoms with E-state index in [4.69, 9.17) is 4.74 Å². The maximum absolute atomic E-state index is 12.8. The number of benzene rings is 2. The molecule has 1 fully saturated rings. The molecule has 3 heterocycles. The van der Waals surface area contributed by atoms with E-state index >= 15 is 0 Å². The van der Waals surface area contributed by atoms with Crippen LogP contribution in [0.2, 0.25) is 0 Å². The molecule has 1 unspecified atom stereocenters. The maximum Gasteiger partial charge on any atom is 0.229 e. The van der Waals surface area contributed by atoms with Gasteiger partial charge in [-0.2, -0.15) is 0 Å². The molecule has 1 N–H and O–H groups in total. The fourth-order valence-electron chi connectivity index (χ4n) is 4.51. The number of anilines is 2. The van der Waals surface area contributed by atoms with Crippen LogP contribution in [0.1, 0.15) is 25.0 Å². The van der Waals surface area contributed by atoms with Crippen LogP contribution in [0, 0.1) is 5.92 Å². The number of imidazole rings is 1. The number of aromatic nitrogens is 2. The number of carbonyl (C=O) groups excluding carboxylic acids is 2. The molecule has 2 aromatic carbocycles. The second-order valence-corrected chi connectivity index (χ2v) is 8.35. The van der Waals surface area contributed by atoms with Gasteiger partial charge in [0.15, 0.2) is 0 Å². The number of ether oxygens (including phenoxy) is 1. The average molecular weight is 431 g/mol. The van der Waals surface area contributed by atoms with Crippen LogP contribution < -0.4 is 15.0 Å². The number of amides is 2. The van der Waals surface area contributed by atoms with Crippen molar-refractivity contribution in [2.24, 2.45) is 5.92 Å². The van der Waals surface area contributed by atoms with Gasteiger partial charge in [0.2, 0.25) is 11.8 Å². The van der Waals surface area contributed by atoms with Gasteiger partial charge in [0, 0.05) is 48.3 Å². The molecule has 0 spiro atoms. The van der Waals surface area contributed by atoms with E-state index in [1.165, 1.54) is 18.5 Å². The van der Waals surface area contributed by atoms with Crippen molar-refractivity contribution in [2.45, 2.75) is 32.2 Å². The predicted molar refractivity (Wildman–Crippen MR) is 123 cm³/mol. The average Bonchev–Trinajstić information content (AvgIpc) is 3.43. The Labute approximate surface area is 187 Å². The zero-order chi connectivity index (χ0) is 22.1. The SMILES string of the molecule is COc1ccc(N2CC(C(=O)Nc3ccc(-c4ncc5n4CCCC5)cc3)CC2=O)cc1. The number of methoxy groups -OCH3 is 1. The molecule has 164 valence electrons. The summed E-state index contributed by atoms with van der Waals surface area (Å²) >= 11 is 0. The van der Waals surface area contributed by atoms with Crippen LogP contribution in [0.25, 0.3) is 11.4 Å². The molecule has 5 rings (SSSR count). The Morgan fingerprint density at radius 2 is 1.88 bits per heavy atom. The topological polar surface area (TPSA) is 76.5 Å². The summed E-state index contributed by atoms with van der Waals surface area (Å²) in [4.78, 5) is 31.6. The van der Waals surface area contributed by atoms with Crippen LogP contribution in [-0.4, -0.2) is 35.0 Å². The molecule has 7 nitrogen and oxygen atoms in total. The van der Waals surface area contributed by atoms with Crippen molar-refractivity contribution in [1.82, 2.24) is 9.55 Å². The van der Waals surface area contributed by atoms with Crippen LogP contribution in [0.15, 0.2) is 54.7 Å². The van der Waals surface area contributed by atoms with Crippen LogP contribution in [0.3, 0.4) is 0 Å². The second-order valence-electron chi connectivity index (χ2n) is 8.35. The lowest BCUT2D eigenvalue weighted by molar-refractivity contribution is -0.122. The summed E-state index contributed by atoms with van der Waals surface area (Å²) in [5, 5.41) is 2.96. The zero-order valence-corrected chi connectivity index (χ0v) is 18.1. The number of carbonyl (C=O) groups is 2. The van der Waals surface area contributed by atoms with Gasteiger partial charge >= 0.3 is 0 Å². The predicted octanol–water partition coefficient (Wildman–Crippen LogP) is 3.89. The standard InChI is InChI=1S/C25H26N4O3/c1-32-22-11-9-20(10-12-22)29-16-18(14-23(29)30)25(31)27-19-7-5-17(6-8-19)24-26-15-21-4-2-3-13-28(21)24/h5-12,15,18H,2-4,13-14,16H2,1H3,(H,27,31). The normalized spacial score (nSPS) is 17.8. The second kappa shape index (κ2) is 8.49. The number of rotatable bonds is 5. The van der Waals surface area contributed by atoms with E-state index in [2.05, 4.69) is 14.9 Å². The van der Waals surface area contributed by atoms with Crippen molar-refractivity contribution >= 4 is 23.2 Å². The highest BCUT2D eigenvalue weighted by Crippen LogP contribution is 2.29. The van der Waals surface area contributed by atoms with Gasteiger partial charge in [-0.1, -0.05) is 0 Å². The molecule has 0 radical (unpaired) electrons. The smallest absolute Gasteiger partial charge is 0.229 e. The first kappa shape index (κ1) is 20.3. The number of nitrogens with one attached hydrogen (secondary N) is 1. The third kappa shape index (κ3) is 3.86. The summed E-state index contributed by atoms with van der Waals surface area (Å²) in [5.41, 5.74) is 3.83. The van der Waals surface area contributed by atoms with Gasteiger partial charge in [0.05, 0.1) is 13.0 Å². The van der Waals surface area contributed by atoms with E-state index in [0.717, 1.165) is 41.5 Å². The van der Waals surface area contributed by atoms with Crippen molar-refractivity contribution in [2.75, 3.05) is 23.9 Å². The van der Waals surface area contributed by atoms with E-state index in [-0.39, 0.29) is 24.2 Å². The molecule has 1 aromatic heterocycles. The van der Waals surface area contributed by atoms with Gasteiger partial charge in [0.25, 0.3) is 0 Å². The highest BCUT2D eigenvalue weighted by Gasteiger charge is 2.35. The Hall–Kier alpha value is -3.61. The van der Waals surface area contributed by atoms with Crippen LogP contribution in [-0.2, 0) is 22.6 Å². The molecule has 2 amide bonds. The first-order valence-electron chi connectivity index (χ1n) is 11.0. The van der Waals surface area contributed by atoms with E-state index in [1.54, 1.807) is 12.0 Å². The van der Waals surface area contributed by atoms with Crippen molar-refractivity contribution in [3.05, 3.63) is 60.4 Å². The van der Waals surface area contributed by atoms with Gasteiger partial charge < -0.3 is 19.5 Å². The molecule has 2 aliphatic heterocycles. The molecule has 0 aliphatic carbocycles. The number of hydrogen-bond donors (Lipinski definition) is 1. The highest BCUT2D eigenvalue weighted by molar-refractivity contribution is 6.03. The van der Waals surface area contributed by atoms with E-state index in [1.807, 2.05) is 54.7 Å². The molecule has 32 heavy (non-hydrogen) atoms. The fraction of sp³-hybridized carbons (Fsp3) is 0.320. The molecular weight excluding hydrogens is 404 g/mol. The molecule has 2 aliphatic rings. The first-order chi connectivity index (χ1) is 15.6. The van der Waals surface area contributed by atoms with Crippen molar-refractivity contribution in [1.29, 1.82) is 0 Å². The van der Waals surface area contributed by atoms with E-state index < -0.39 is 0 Å². The van der Waals surface area contributed by atoms with Crippen molar-refractivity contribution < 1.29 is 14.3 Å². The van der Waals surface area contributed by atoms with Gasteiger partial charge in [-0.05, 0) is 67.8 Å². The lowest BCUT2D eigenvalue weighted by Gasteiger charge is -2.17. The number of nitrogens with zero attached hydrogens (tertiary/aromatic N) is 3. The highest BCUT2D eigenvalue weighted by atomic mass is 16.5. The largest absolute Gasteiger partial charge is 0.497 e. The summed E-state index contributed by atoms with van der Waals surface area (Å²) in [6, 6.07) is 15.1. The van der Waals surface area contributed by atoms with Crippen molar-refractivity contribution in [3.63, 3.8) is 0 Å². The van der Waals surface area contributed by atoms with Gasteiger partial charge in [-0.3, -0.25) is 9.59 Å². The molecule has 7 heteroatoms. The third-order valence-electron chi connectivity index (χ3n) is 6.29. The summed E-state index contributed by atoms with van der Waals surface area (Å²) in [7, 11) is 1.60. The van der Waals surface area contributed by atoms with Crippen LogP contribution in [0.5, 0.6) is 5.75 Å². The monoisotopic (exact) mass is 430 g/mol. The molecule has 1 saturated heterocycles. The van der Waals surface area contributed by atoms with Crippen LogP contribution in [0.4, 0.5) is 11.4 Å². The Morgan fingerprint density at radius 3 is 2.62 bits per heavy atom. The summed E-state index contributed by atoms with van der Waals surface area (Å²) in [6.07, 6.45) is 5.65. The lowest BCUT2D eigenvalue weighted by Crippen LogP contribution is -2.28. The van der Waals surface area contributed by atoms with E-state index in [0.29, 0.717) is 6.54 Å². The van der Waals surface area contributed by atoms with Crippen LogP contribution >= 0.6 is 0 Å². The quantitative estimate of drug-likeness (QED) is 0.666. The minimum atomic E-state index is -0.386. The van der Waals surface area contributed by atoms with Crippen molar-refractivity contribution in [3.8, 4) is 17.1 Å². The lowest BCUT2D eigenvalue weighted by atomic mass is 10.1. The third-order valence-corrected chi connectivity index (χ3v) is 6.29. The fourth-order valence-corrected chi connectivity index (χ4v) is 4.51. The molecule has 1 atom stereocenters. The molecule has 0 bridgehead atoms. The number of aryl methyl sites for hydroxylation is 1. The first-order valence-corrected chi connectivity index (χ1v) is 11.0. The van der Waals surface area contributed by atoms with E-state index in [9.17, 15) is 9.59 Å². The number of fused-ring (bicyclic) bond motifs is 1. The zero-order valence-electron chi connectivity index (χ0n) is 18.1. The van der Waals surface area contributed by atoms with Gasteiger partial charge in [-0.15, -0.1) is 0 Å². The van der Waals surface area contributed by atoms with Gasteiger partial charge in [0.1, 0.15) is 11.6 Å².